The zero-order chi connectivity index (χ0) is 13.0. The van der Waals surface area contributed by atoms with E-state index in [9.17, 15) is 4.79 Å². The fraction of sp³-hybridized carbons (Fsp3) is 0.154. The van der Waals surface area contributed by atoms with Crippen molar-refractivity contribution < 1.29 is 9.53 Å². The highest BCUT2D eigenvalue weighted by Gasteiger charge is 2.15. The molecule has 1 aromatic carbocycles. The SMILES string of the molecule is COc1cccc(N)c1C(=O)NCc1ccsc1. The van der Waals surface area contributed by atoms with Crippen LogP contribution in [-0.2, 0) is 6.54 Å². The first kappa shape index (κ1) is 12.4. The molecule has 1 heterocycles. The Hall–Kier alpha value is -2.01. The Bertz CT molecular complexity index is 538. The third-order valence-electron chi connectivity index (χ3n) is 2.54. The molecule has 0 aliphatic rings. The van der Waals surface area contributed by atoms with Gasteiger partial charge in [0.15, 0.2) is 0 Å². The lowest BCUT2D eigenvalue weighted by molar-refractivity contribution is 0.0949. The molecule has 0 aliphatic heterocycles. The van der Waals surface area contributed by atoms with Crippen molar-refractivity contribution in [3.8, 4) is 5.75 Å². The second kappa shape index (κ2) is 5.55. The van der Waals surface area contributed by atoms with Crippen LogP contribution in [0, 0.1) is 0 Å². The number of thiophene rings is 1. The van der Waals surface area contributed by atoms with E-state index in [2.05, 4.69) is 5.32 Å². The van der Waals surface area contributed by atoms with Gasteiger partial charge >= 0.3 is 0 Å². The van der Waals surface area contributed by atoms with Crippen LogP contribution < -0.4 is 15.8 Å². The van der Waals surface area contributed by atoms with E-state index in [1.165, 1.54) is 7.11 Å². The number of amides is 1. The van der Waals surface area contributed by atoms with Crippen molar-refractivity contribution in [3.05, 3.63) is 46.2 Å². The van der Waals surface area contributed by atoms with E-state index in [1.807, 2.05) is 16.8 Å². The van der Waals surface area contributed by atoms with Crippen LogP contribution in [0.5, 0.6) is 5.75 Å². The Balaban J connectivity index is 2.13. The van der Waals surface area contributed by atoms with Crippen LogP contribution in [0.3, 0.4) is 0 Å². The standard InChI is InChI=1S/C13H14N2O2S/c1-17-11-4-2-3-10(14)12(11)13(16)15-7-9-5-6-18-8-9/h2-6,8H,7,14H2,1H3,(H,15,16). The summed E-state index contributed by atoms with van der Waals surface area (Å²) in [7, 11) is 1.52. The lowest BCUT2D eigenvalue weighted by atomic mass is 10.1. The summed E-state index contributed by atoms with van der Waals surface area (Å²) in [5.41, 5.74) is 7.68. The van der Waals surface area contributed by atoms with Gasteiger partial charge in [-0.25, -0.2) is 0 Å². The average Bonchev–Trinajstić information content (AvgIpc) is 2.88. The van der Waals surface area contributed by atoms with Crippen molar-refractivity contribution in [3.63, 3.8) is 0 Å². The van der Waals surface area contributed by atoms with Crippen LogP contribution in [0.4, 0.5) is 5.69 Å². The summed E-state index contributed by atoms with van der Waals surface area (Å²) < 4.78 is 5.15. The maximum absolute atomic E-state index is 12.1. The van der Waals surface area contributed by atoms with Gasteiger partial charge in [0.25, 0.3) is 5.91 Å². The number of benzene rings is 1. The van der Waals surface area contributed by atoms with E-state index in [4.69, 9.17) is 10.5 Å². The minimum absolute atomic E-state index is 0.226. The first-order valence-corrected chi connectivity index (χ1v) is 6.38. The lowest BCUT2D eigenvalue weighted by Crippen LogP contribution is -2.24. The molecule has 0 aliphatic carbocycles. The molecule has 0 atom stereocenters. The summed E-state index contributed by atoms with van der Waals surface area (Å²) in [5.74, 6) is 0.258. The van der Waals surface area contributed by atoms with E-state index in [0.29, 0.717) is 23.5 Å². The molecule has 4 nitrogen and oxygen atoms in total. The zero-order valence-electron chi connectivity index (χ0n) is 9.97. The van der Waals surface area contributed by atoms with Crippen LogP contribution >= 0.6 is 11.3 Å². The summed E-state index contributed by atoms with van der Waals surface area (Å²) >= 11 is 1.60. The molecule has 0 saturated heterocycles. The van der Waals surface area contributed by atoms with Crippen LogP contribution in [0.15, 0.2) is 35.0 Å². The van der Waals surface area contributed by atoms with Crippen LogP contribution in [0.2, 0.25) is 0 Å². The number of hydrogen-bond acceptors (Lipinski definition) is 4. The second-order valence-corrected chi connectivity index (χ2v) is 4.52. The number of nitrogens with one attached hydrogen (secondary N) is 1. The molecule has 0 unspecified atom stereocenters. The Morgan fingerprint density at radius 2 is 2.28 bits per heavy atom. The molecule has 2 rings (SSSR count). The minimum Gasteiger partial charge on any atom is -0.496 e. The number of rotatable bonds is 4. The molecule has 5 heteroatoms. The molecule has 0 spiro atoms. The van der Waals surface area contributed by atoms with E-state index < -0.39 is 0 Å². The molecule has 0 saturated carbocycles. The Labute approximate surface area is 109 Å². The number of anilines is 1. The van der Waals surface area contributed by atoms with E-state index in [1.54, 1.807) is 29.5 Å². The molecule has 18 heavy (non-hydrogen) atoms. The summed E-state index contributed by atoms with van der Waals surface area (Å²) in [4.78, 5) is 12.1. The van der Waals surface area contributed by atoms with Gasteiger partial charge in [-0.2, -0.15) is 11.3 Å². The van der Waals surface area contributed by atoms with Crippen LogP contribution in [-0.4, -0.2) is 13.0 Å². The van der Waals surface area contributed by atoms with Gasteiger partial charge < -0.3 is 15.8 Å². The van der Waals surface area contributed by atoms with Crippen molar-refractivity contribution in [2.45, 2.75) is 6.54 Å². The first-order chi connectivity index (χ1) is 8.72. The van der Waals surface area contributed by atoms with Gasteiger partial charge in [-0.1, -0.05) is 6.07 Å². The zero-order valence-corrected chi connectivity index (χ0v) is 10.8. The minimum atomic E-state index is -0.226. The molecule has 1 amide bonds. The first-order valence-electron chi connectivity index (χ1n) is 5.44. The monoisotopic (exact) mass is 262 g/mol. The molecule has 2 aromatic rings. The largest absolute Gasteiger partial charge is 0.496 e. The van der Waals surface area contributed by atoms with Crippen LogP contribution in [0.25, 0.3) is 0 Å². The van der Waals surface area contributed by atoms with E-state index in [0.717, 1.165) is 5.56 Å². The van der Waals surface area contributed by atoms with Crippen molar-refractivity contribution in [2.75, 3.05) is 12.8 Å². The van der Waals surface area contributed by atoms with Gasteiger partial charge in [0, 0.05) is 12.2 Å². The topological polar surface area (TPSA) is 64.3 Å². The molecule has 3 N–H and O–H groups in total. The fourth-order valence-electron chi connectivity index (χ4n) is 1.63. The average molecular weight is 262 g/mol. The summed E-state index contributed by atoms with van der Waals surface area (Å²) in [5, 5.41) is 6.79. The maximum Gasteiger partial charge on any atom is 0.257 e. The number of nitrogen functional groups attached to an aromatic ring is 1. The summed E-state index contributed by atoms with van der Waals surface area (Å²) in [6, 6.07) is 7.12. The number of ether oxygens (including phenoxy) is 1. The van der Waals surface area contributed by atoms with Gasteiger partial charge in [-0.3, -0.25) is 4.79 Å². The van der Waals surface area contributed by atoms with Crippen molar-refractivity contribution in [2.24, 2.45) is 0 Å². The van der Waals surface area contributed by atoms with Crippen molar-refractivity contribution in [1.82, 2.24) is 5.32 Å². The van der Waals surface area contributed by atoms with Gasteiger partial charge in [-0.15, -0.1) is 0 Å². The molecule has 0 radical (unpaired) electrons. The summed E-state index contributed by atoms with van der Waals surface area (Å²) in [6.45, 7) is 0.486. The predicted molar refractivity (Wildman–Crippen MR) is 72.9 cm³/mol. The number of hydrogen-bond donors (Lipinski definition) is 2. The van der Waals surface area contributed by atoms with Crippen molar-refractivity contribution in [1.29, 1.82) is 0 Å². The second-order valence-electron chi connectivity index (χ2n) is 3.74. The smallest absolute Gasteiger partial charge is 0.257 e. The van der Waals surface area contributed by atoms with Gasteiger partial charge in [0.1, 0.15) is 11.3 Å². The molecular formula is C13H14N2O2S. The maximum atomic E-state index is 12.1. The van der Waals surface area contributed by atoms with Crippen LogP contribution in [0.1, 0.15) is 15.9 Å². The number of carbonyl (C=O) groups is 1. The molecule has 0 bridgehead atoms. The quantitative estimate of drug-likeness (QED) is 0.831. The predicted octanol–water partition coefficient (Wildman–Crippen LogP) is 2.27. The highest BCUT2D eigenvalue weighted by Crippen LogP contribution is 2.23. The van der Waals surface area contributed by atoms with Gasteiger partial charge in [0.2, 0.25) is 0 Å². The normalized spacial score (nSPS) is 10.1. The third kappa shape index (κ3) is 2.62. The molecule has 0 fully saturated rings. The lowest BCUT2D eigenvalue weighted by Gasteiger charge is -2.11. The number of methoxy groups -OCH3 is 1. The van der Waals surface area contributed by atoms with Crippen molar-refractivity contribution >= 4 is 22.9 Å². The Morgan fingerprint density at radius 1 is 1.44 bits per heavy atom. The molecular weight excluding hydrogens is 248 g/mol. The highest BCUT2D eigenvalue weighted by atomic mass is 32.1. The van der Waals surface area contributed by atoms with Gasteiger partial charge in [-0.05, 0) is 34.5 Å². The fourth-order valence-corrected chi connectivity index (χ4v) is 2.29. The highest BCUT2D eigenvalue weighted by molar-refractivity contribution is 7.07. The molecule has 94 valence electrons. The van der Waals surface area contributed by atoms with E-state index in [-0.39, 0.29) is 5.91 Å². The van der Waals surface area contributed by atoms with E-state index >= 15 is 0 Å². The third-order valence-corrected chi connectivity index (χ3v) is 3.27. The summed E-state index contributed by atoms with van der Waals surface area (Å²) in [6.07, 6.45) is 0. The number of nitrogens with two attached hydrogens (primary N) is 1. The Kier molecular flexibility index (Phi) is 3.84. The van der Waals surface area contributed by atoms with Gasteiger partial charge in [0.05, 0.1) is 7.11 Å². The Morgan fingerprint density at radius 3 is 2.94 bits per heavy atom. The molecule has 1 aromatic heterocycles. The number of carbonyl (C=O) groups excluding carboxylic acids is 1.